The van der Waals surface area contributed by atoms with Crippen LogP contribution in [-0.2, 0) is 19.6 Å². The van der Waals surface area contributed by atoms with E-state index in [1.165, 1.54) is 33.3 Å². The number of nitrogens with one attached hydrogen (secondary N) is 1. The van der Waals surface area contributed by atoms with Gasteiger partial charge in [0.1, 0.15) is 6.04 Å². The Morgan fingerprint density at radius 3 is 2.09 bits per heavy atom. The van der Waals surface area contributed by atoms with E-state index in [-0.39, 0.29) is 28.4 Å². The van der Waals surface area contributed by atoms with Gasteiger partial charge in [-0.05, 0) is 19.1 Å². The van der Waals surface area contributed by atoms with Crippen molar-refractivity contribution >= 4 is 33.3 Å². The van der Waals surface area contributed by atoms with Gasteiger partial charge in [-0.2, -0.15) is 0 Å². The molecule has 12 heteroatoms. The molecule has 0 spiro atoms. The molecular weight excluding hydrogens is 450 g/mol. The number of methoxy groups -OCH3 is 3. The van der Waals surface area contributed by atoms with Crippen LogP contribution in [0.4, 0.5) is 20.2 Å². The highest BCUT2D eigenvalue weighted by Crippen LogP contribution is 2.34. The van der Waals surface area contributed by atoms with Gasteiger partial charge in [0.25, 0.3) is 0 Å². The van der Waals surface area contributed by atoms with Crippen molar-refractivity contribution in [2.24, 2.45) is 0 Å². The minimum Gasteiger partial charge on any atom is -0.493 e. The normalized spacial score (nSPS) is 12.0. The number of nitrogens with zero attached hydrogens (tertiary/aromatic N) is 1. The van der Waals surface area contributed by atoms with Gasteiger partial charge in [0, 0.05) is 18.2 Å². The molecule has 2 rings (SSSR count). The van der Waals surface area contributed by atoms with E-state index in [0.717, 1.165) is 25.5 Å². The fourth-order valence-corrected chi connectivity index (χ4v) is 4.10. The molecular formula is C20H22F2N2O7S. The molecule has 174 valence electrons. The lowest BCUT2D eigenvalue weighted by molar-refractivity contribution is -0.116. The maximum Gasteiger partial charge on any atom is 0.340 e. The number of amides is 1. The zero-order valence-corrected chi connectivity index (χ0v) is 18.7. The zero-order chi connectivity index (χ0) is 24.2. The number of anilines is 2. The lowest BCUT2D eigenvalue weighted by Gasteiger charge is -2.28. The number of carbonyl (C=O) groups is 2. The summed E-state index contributed by atoms with van der Waals surface area (Å²) in [7, 11) is -0.253. The molecule has 2 aromatic rings. The van der Waals surface area contributed by atoms with Crippen LogP contribution in [0.2, 0.25) is 0 Å². The van der Waals surface area contributed by atoms with E-state index in [1.54, 1.807) is 0 Å². The fourth-order valence-electron chi connectivity index (χ4n) is 2.93. The van der Waals surface area contributed by atoms with Gasteiger partial charge in [0.05, 0.1) is 44.5 Å². The number of carbonyl (C=O) groups excluding carboxylic acids is 2. The Hall–Kier alpha value is -3.41. The highest BCUT2D eigenvalue weighted by molar-refractivity contribution is 7.92. The smallest absolute Gasteiger partial charge is 0.340 e. The summed E-state index contributed by atoms with van der Waals surface area (Å²) >= 11 is 0. The van der Waals surface area contributed by atoms with E-state index in [1.807, 2.05) is 0 Å². The molecule has 9 nitrogen and oxygen atoms in total. The van der Waals surface area contributed by atoms with Crippen molar-refractivity contribution in [1.82, 2.24) is 0 Å². The number of hydrogen-bond donors (Lipinski definition) is 1. The molecule has 0 bridgehead atoms. The Morgan fingerprint density at radius 1 is 1.00 bits per heavy atom. The molecule has 1 N–H and O–H groups in total. The summed E-state index contributed by atoms with van der Waals surface area (Å²) in [6.07, 6.45) is 0.814. The van der Waals surface area contributed by atoms with Gasteiger partial charge in [-0.3, -0.25) is 9.10 Å². The first-order chi connectivity index (χ1) is 14.9. The standard InChI is InChI=1S/C20H22F2N2O7S/c1-11(24(32(5,27)28)12-6-7-14(21)15(22)8-12)19(25)23-16-10-18(30-3)17(29-2)9-13(16)20(26)31-4/h6-11H,1-5H3,(H,23,25)/t11-/m0/s1. The molecule has 0 saturated carbocycles. The van der Waals surface area contributed by atoms with E-state index in [9.17, 15) is 26.8 Å². The van der Waals surface area contributed by atoms with Gasteiger partial charge in [-0.15, -0.1) is 0 Å². The first-order valence-electron chi connectivity index (χ1n) is 9.04. The maximum absolute atomic E-state index is 13.7. The Labute approximate surface area is 183 Å². The van der Waals surface area contributed by atoms with Crippen LogP contribution in [0, 0.1) is 11.6 Å². The Morgan fingerprint density at radius 2 is 1.59 bits per heavy atom. The predicted octanol–water partition coefficient (Wildman–Crippen LogP) is 2.56. The molecule has 0 heterocycles. The molecule has 0 aliphatic carbocycles. The van der Waals surface area contributed by atoms with Crippen LogP contribution in [0.1, 0.15) is 17.3 Å². The van der Waals surface area contributed by atoms with Crippen molar-refractivity contribution in [3.05, 3.63) is 47.5 Å². The second-order valence-electron chi connectivity index (χ2n) is 6.57. The molecule has 0 aliphatic heterocycles. The van der Waals surface area contributed by atoms with Gasteiger partial charge in [0.2, 0.25) is 15.9 Å². The first kappa shape index (κ1) is 24.9. The topological polar surface area (TPSA) is 111 Å². The van der Waals surface area contributed by atoms with Gasteiger partial charge in [-0.1, -0.05) is 0 Å². The first-order valence-corrected chi connectivity index (χ1v) is 10.9. The predicted molar refractivity (Wildman–Crippen MR) is 113 cm³/mol. The van der Waals surface area contributed by atoms with Crippen molar-refractivity contribution in [3.63, 3.8) is 0 Å². The number of ether oxygens (including phenoxy) is 3. The molecule has 1 amide bonds. The number of esters is 1. The van der Waals surface area contributed by atoms with Crippen molar-refractivity contribution in [2.75, 3.05) is 37.2 Å². The quantitative estimate of drug-likeness (QED) is 0.588. The minimum absolute atomic E-state index is 0.0370. The van der Waals surface area contributed by atoms with Crippen LogP contribution < -0.4 is 19.1 Å². The summed E-state index contributed by atoms with van der Waals surface area (Å²) in [5.74, 6) is -3.74. The van der Waals surface area contributed by atoms with Gasteiger partial charge in [-0.25, -0.2) is 22.0 Å². The third-order valence-corrected chi connectivity index (χ3v) is 5.67. The van der Waals surface area contributed by atoms with Crippen molar-refractivity contribution < 1.29 is 41.0 Å². The van der Waals surface area contributed by atoms with Gasteiger partial charge < -0.3 is 19.5 Å². The summed E-state index contributed by atoms with van der Waals surface area (Å²) in [6, 6.07) is 3.62. The van der Waals surface area contributed by atoms with E-state index < -0.39 is 39.6 Å². The van der Waals surface area contributed by atoms with Crippen molar-refractivity contribution in [2.45, 2.75) is 13.0 Å². The molecule has 1 atom stereocenters. The van der Waals surface area contributed by atoms with E-state index in [2.05, 4.69) is 5.32 Å². The Bertz CT molecular complexity index is 1140. The Kier molecular flexibility index (Phi) is 7.62. The summed E-state index contributed by atoms with van der Waals surface area (Å²) in [4.78, 5) is 25.1. The number of hydrogen-bond acceptors (Lipinski definition) is 7. The lowest BCUT2D eigenvalue weighted by atomic mass is 10.1. The summed E-state index contributed by atoms with van der Waals surface area (Å²) in [5.41, 5.74) is -0.371. The van der Waals surface area contributed by atoms with Crippen LogP contribution in [0.5, 0.6) is 11.5 Å². The van der Waals surface area contributed by atoms with Gasteiger partial charge in [0.15, 0.2) is 23.1 Å². The van der Waals surface area contributed by atoms with Gasteiger partial charge >= 0.3 is 5.97 Å². The second-order valence-corrected chi connectivity index (χ2v) is 8.43. The summed E-state index contributed by atoms with van der Waals surface area (Å²) < 4.78 is 67.4. The fraction of sp³-hybridized carbons (Fsp3) is 0.300. The number of halogens is 2. The van der Waals surface area contributed by atoms with E-state index >= 15 is 0 Å². The molecule has 0 fully saturated rings. The third kappa shape index (κ3) is 5.25. The van der Waals surface area contributed by atoms with E-state index in [4.69, 9.17) is 14.2 Å². The average molecular weight is 472 g/mol. The number of sulfonamides is 1. The lowest BCUT2D eigenvalue weighted by Crippen LogP contribution is -2.45. The molecule has 0 saturated heterocycles. The summed E-state index contributed by atoms with van der Waals surface area (Å²) in [6.45, 7) is 1.25. The second kappa shape index (κ2) is 9.81. The molecule has 0 aromatic heterocycles. The van der Waals surface area contributed by atoms with E-state index in [0.29, 0.717) is 10.4 Å². The highest BCUT2D eigenvalue weighted by Gasteiger charge is 2.31. The van der Waals surface area contributed by atoms with Crippen molar-refractivity contribution in [1.29, 1.82) is 0 Å². The Balaban J connectivity index is 2.49. The van der Waals surface area contributed by atoms with Crippen LogP contribution in [-0.4, -0.2) is 53.9 Å². The molecule has 0 unspecified atom stereocenters. The zero-order valence-electron chi connectivity index (χ0n) is 17.9. The van der Waals surface area contributed by atoms with Crippen molar-refractivity contribution in [3.8, 4) is 11.5 Å². The highest BCUT2D eigenvalue weighted by atomic mass is 32.2. The van der Waals surface area contributed by atoms with Crippen LogP contribution in [0.3, 0.4) is 0 Å². The van der Waals surface area contributed by atoms with Crippen LogP contribution in [0.15, 0.2) is 30.3 Å². The SMILES string of the molecule is COC(=O)c1cc(OC)c(OC)cc1NC(=O)[C@H](C)N(c1ccc(F)c(F)c1)S(C)(=O)=O. The number of rotatable bonds is 8. The minimum atomic E-state index is -4.09. The monoisotopic (exact) mass is 472 g/mol. The maximum atomic E-state index is 13.7. The summed E-state index contributed by atoms with van der Waals surface area (Å²) in [5, 5.41) is 2.45. The average Bonchev–Trinajstić information content (AvgIpc) is 2.74. The number of benzene rings is 2. The van der Waals surface area contributed by atoms with Crippen LogP contribution >= 0.6 is 0 Å². The molecule has 0 radical (unpaired) electrons. The molecule has 0 aliphatic rings. The molecule has 32 heavy (non-hydrogen) atoms. The molecule has 2 aromatic carbocycles. The largest absolute Gasteiger partial charge is 0.493 e. The third-order valence-electron chi connectivity index (χ3n) is 4.43. The van der Waals surface area contributed by atoms with Crippen LogP contribution in [0.25, 0.3) is 0 Å².